The van der Waals surface area contributed by atoms with E-state index in [1.165, 1.54) is 0 Å². The maximum Gasteiger partial charge on any atom is 0.0766 e. The van der Waals surface area contributed by atoms with Gasteiger partial charge >= 0.3 is 0 Å². The van der Waals surface area contributed by atoms with Crippen molar-refractivity contribution in [3.05, 3.63) is 0 Å². The summed E-state index contributed by atoms with van der Waals surface area (Å²) in [7, 11) is 0. The van der Waals surface area contributed by atoms with Crippen LogP contribution in [0.4, 0.5) is 0 Å². The minimum Gasteiger partial charge on any atom is -0.396 e. The Morgan fingerprint density at radius 1 is 1.12 bits per heavy atom. The molecule has 0 bridgehead atoms. The van der Waals surface area contributed by atoms with Crippen LogP contribution in [-0.4, -0.2) is 35.5 Å². The molecule has 1 unspecified atom stereocenters. The van der Waals surface area contributed by atoms with Crippen LogP contribution in [0.15, 0.2) is 0 Å². The smallest absolute Gasteiger partial charge is 0.0766 e. The van der Waals surface area contributed by atoms with Crippen LogP contribution in [0.2, 0.25) is 0 Å². The average molecular weight is 231 g/mol. The van der Waals surface area contributed by atoms with Gasteiger partial charge in [-0.25, -0.2) is 0 Å². The Morgan fingerprint density at radius 2 is 1.69 bits per heavy atom. The summed E-state index contributed by atoms with van der Waals surface area (Å²) in [6.45, 7) is 12.0. The first-order chi connectivity index (χ1) is 7.21. The highest BCUT2D eigenvalue weighted by molar-refractivity contribution is 4.81. The second-order valence-electron chi connectivity index (χ2n) is 6.11. The largest absolute Gasteiger partial charge is 0.396 e. The van der Waals surface area contributed by atoms with Gasteiger partial charge in [0.15, 0.2) is 0 Å². The van der Waals surface area contributed by atoms with Crippen LogP contribution in [0.1, 0.15) is 47.5 Å². The van der Waals surface area contributed by atoms with Crippen LogP contribution in [0.5, 0.6) is 0 Å². The van der Waals surface area contributed by atoms with E-state index in [4.69, 9.17) is 5.11 Å². The molecule has 16 heavy (non-hydrogen) atoms. The van der Waals surface area contributed by atoms with Crippen molar-refractivity contribution in [1.29, 1.82) is 0 Å². The summed E-state index contributed by atoms with van der Waals surface area (Å²) in [4.78, 5) is 0. The zero-order valence-electron chi connectivity index (χ0n) is 11.5. The average Bonchev–Trinajstić information content (AvgIpc) is 2.14. The third kappa shape index (κ3) is 6.46. The highest BCUT2D eigenvalue weighted by atomic mass is 16.3. The number of hydrogen-bond acceptors (Lipinski definition) is 3. The monoisotopic (exact) mass is 231 g/mol. The first-order valence-electron chi connectivity index (χ1n) is 6.25. The van der Waals surface area contributed by atoms with Crippen LogP contribution >= 0.6 is 0 Å². The van der Waals surface area contributed by atoms with Crippen molar-refractivity contribution in [2.75, 3.05) is 19.7 Å². The molecule has 0 saturated heterocycles. The topological polar surface area (TPSA) is 52.5 Å². The van der Waals surface area contributed by atoms with Crippen LogP contribution in [-0.2, 0) is 0 Å². The molecule has 0 radical (unpaired) electrons. The molecule has 0 aliphatic rings. The zero-order chi connectivity index (χ0) is 12.8. The van der Waals surface area contributed by atoms with E-state index in [0.29, 0.717) is 6.54 Å². The van der Waals surface area contributed by atoms with Crippen LogP contribution in [0.3, 0.4) is 0 Å². The quantitative estimate of drug-likeness (QED) is 0.597. The standard InChI is InChI=1S/C13H29NO2/c1-11(2)13(5,16)10-14-9-12(3,4)7-6-8-15/h11,14-16H,6-10H2,1-5H3. The van der Waals surface area contributed by atoms with Crippen molar-refractivity contribution in [1.82, 2.24) is 5.32 Å². The summed E-state index contributed by atoms with van der Waals surface area (Å²) in [5.74, 6) is 0.251. The van der Waals surface area contributed by atoms with E-state index in [1.807, 2.05) is 20.8 Å². The van der Waals surface area contributed by atoms with Gasteiger partial charge in [-0.2, -0.15) is 0 Å². The van der Waals surface area contributed by atoms with E-state index in [2.05, 4.69) is 19.2 Å². The maximum absolute atomic E-state index is 10.1. The van der Waals surface area contributed by atoms with Gasteiger partial charge in [0.2, 0.25) is 0 Å². The van der Waals surface area contributed by atoms with E-state index in [-0.39, 0.29) is 17.9 Å². The van der Waals surface area contributed by atoms with Crippen LogP contribution in [0, 0.1) is 11.3 Å². The molecule has 1 atom stereocenters. The second kappa shape index (κ2) is 6.58. The summed E-state index contributed by atoms with van der Waals surface area (Å²) in [6, 6.07) is 0. The lowest BCUT2D eigenvalue weighted by atomic mass is 9.87. The summed E-state index contributed by atoms with van der Waals surface area (Å²) in [5.41, 5.74) is -0.469. The van der Waals surface area contributed by atoms with E-state index >= 15 is 0 Å². The van der Waals surface area contributed by atoms with Gasteiger partial charge in [-0.3, -0.25) is 0 Å². The fourth-order valence-corrected chi connectivity index (χ4v) is 1.50. The molecule has 3 N–H and O–H groups in total. The highest BCUT2D eigenvalue weighted by Gasteiger charge is 2.25. The van der Waals surface area contributed by atoms with Crippen molar-refractivity contribution in [3.63, 3.8) is 0 Å². The van der Waals surface area contributed by atoms with Crippen molar-refractivity contribution in [2.45, 2.75) is 53.1 Å². The van der Waals surface area contributed by atoms with Crippen molar-refractivity contribution in [3.8, 4) is 0 Å². The molecule has 0 saturated carbocycles. The summed E-state index contributed by atoms with van der Waals surface area (Å²) in [5, 5.41) is 22.2. The van der Waals surface area contributed by atoms with Crippen LogP contribution in [0.25, 0.3) is 0 Å². The Balaban J connectivity index is 3.88. The molecule has 0 aromatic carbocycles. The minimum absolute atomic E-state index is 0.176. The molecule has 3 nitrogen and oxygen atoms in total. The predicted molar refractivity (Wildman–Crippen MR) is 68.4 cm³/mol. The third-order valence-corrected chi connectivity index (χ3v) is 3.34. The number of hydrogen-bond donors (Lipinski definition) is 3. The van der Waals surface area contributed by atoms with E-state index in [0.717, 1.165) is 19.4 Å². The summed E-state index contributed by atoms with van der Waals surface area (Å²) >= 11 is 0. The van der Waals surface area contributed by atoms with Gasteiger partial charge in [0.05, 0.1) is 5.60 Å². The molecule has 0 amide bonds. The molecule has 0 aromatic heterocycles. The normalized spacial score (nSPS) is 16.5. The Kier molecular flexibility index (Phi) is 6.53. The van der Waals surface area contributed by atoms with Crippen molar-refractivity contribution >= 4 is 0 Å². The molecule has 0 aliphatic carbocycles. The Bertz CT molecular complexity index is 188. The SMILES string of the molecule is CC(C)C(C)(O)CNCC(C)(C)CCCO. The number of rotatable bonds is 8. The third-order valence-electron chi connectivity index (χ3n) is 3.34. The van der Waals surface area contributed by atoms with E-state index in [1.54, 1.807) is 0 Å². The summed E-state index contributed by atoms with van der Waals surface area (Å²) in [6.07, 6.45) is 1.84. The first kappa shape index (κ1) is 15.9. The fourth-order valence-electron chi connectivity index (χ4n) is 1.50. The van der Waals surface area contributed by atoms with Gasteiger partial charge in [0.25, 0.3) is 0 Å². The lowest BCUT2D eigenvalue weighted by Gasteiger charge is -2.31. The van der Waals surface area contributed by atoms with E-state index < -0.39 is 5.60 Å². The minimum atomic E-state index is -0.646. The Morgan fingerprint density at radius 3 is 2.12 bits per heavy atom. The van der Waals surface area contributed by atoms with E-state index in [9.17, 15) is 5.11 Å². The van der Waals surface area contributed by atoms with Gasteiger partial charge in [-0.05, 0) is 31.1 Å². The van der Waals surface area contributed by atoms with Gasteiger partial charge in [-0.15, -0.1) is 0 Å². The van der Waals surface area contributed by atoms with Gasteiger partial charge < -0.3 is 15.5 Å². The van der Waals surface area contributed by atoms with Gasteiger partial charge in [0, 0.05) is 19.7 Å². The van der Waals surface area contributed by atoms with Gasteiger partial charge in [0.1, 0.15) is 0 Å². The number of nitrogens with one attached hydrogen (secondary N) is 1. The lowest BCUT2D eigenvalue weighted by Crippen LogP contribution is -2.44. The maximum atomic E-state index is 10.1. The number of aliphatic hydroxyl groups is 2. The first-order valence-corrected chi connectivity index (χ1v) is 6.25. The molecule has 0 fully saturated rings. The van der Waals surface area contributed by atoms with Gasteiger partial charge in [-0.1, -0.05) is 27.7 Å². The molecular weight excluding hydrogens is 202 g/mol. The van der Waals surface area contributed by atoms with Crippen molar-refractivity contribution in [2.24, 2.45) is 11.3 Å². The fraction of sp³-hybridized carbons (Fsp3) is 1.00. The molecule has 0 rings (SSSR count). The predicted octanol–water partition coefficient (Wildman–Crippen LogP) is 1.78. The highest BCUT2D eigenvalue weighted by Crippen LogP contribution is 2.21. The molecule has 0 aromatic rings. The molecule has 0 heterocycles. The lowest BCUT2D eigenvalue weighted by molar-refractivity contribution is 0.0122. The molecule has 3 heteroatoms. The van der Waals surface area contributed by atoms with Crippen molar-refractivity contribution < 1.29 is 10.2 Å². The molecule has 0 aliphatic heterocycles. The number of aliphatic hydroxyl groups excluding tert-OH is 1. The Hall–Kier alpha value is -0.120. The molecular formula is C13H29NO2. The molecule has 0 spiro atoms. The second-order valence-corrected chi connectivity index (χ2v) is 6.11. The summed E-state index contributed by atoms with van der Waals surface area (Å²) < 4.78 is 0. The zero-order valence-corrected chi connectivity index (χ0v) is 11.5. The Labute approximate surface area is 100 Å². The van der Waals surface area contributed by atoms with Crippen LogP contribution < -0.4 is 5.32 Å². The molecule has 98 valence electrons.